The Labute approximate surface area is 109 Å². The lowest BCUT2D eigenvalue weighted by molar-refractivity contribution is 0.284. The molecule has 4 nitrogen and oxygen atoms in total. The summed E-state index contributed by atoms with van der Waals surface area (Å²) in [5.74, 6) is 0.852. The fourth-order valence-electron chi connectivity index (χ4n) is 1.48. The Morgan fingerprint density at radius 2 is 1.94 bits per heavy atom. The first-order chi connectivity index (χ1) is 8.85. The Morgan fingerprint density at radius 3 is 2.61 bits per heavy atom. The van der Waals surface area contributed by atoms with Crippen LogP contribution < -0.4 is 9.26 Å². The second kappa shape index (κ2) is 6.36. The van der Waals surface area contributed by atoms with E-state index in [1.165, 1.54) is 6.33 Å². The van der Waals surface area contributed by atoms with Gasteiger partial charge in [-0.1, -0.05) is 30.3 Å². The summed E-state index contributed by atoms with van der Waals surface area (Å²) in [5, 5.41) is 0. The standard InChI is InChI=1S/C12H12BN2O2P/c13-6-10-11(17-18)12(15-8-14-10)16-7-9-4-2-1-3-5-9/h1-5,8H,6-7,18H2. The van der Waals surface area contributed by atoms with Crippen LogP contribution in [0.5, 0.6) is 11.6 Å². The van der Waals surface area contributed by atoms with Crippen molar-refractivity contribution in [1.29, 1.82) is 0 Å². The maximum atomic E-state index is 5.61. The van der Waals surface area contributed by atoms with E-state index >= 15 is 0 Å². The maximum absolute atomic E-state index is 5.61. The van der Waals surface area contributed by atoms with E-state index in [0.717, 1.165) is 5.56 Å². The molecule has 0 spiro atoms. The fourth-order valence-corrected chi connectivity index (χ4v) is 1.72. The smallest absolute Gasteiger partial charge is 0.261 e. The van der Waals surface area contributed by atoms with Gasteiger partial charge in [0.15, 0.2) is 0 Å². The molecule has 1 aromatic carbocycles. The topological polar surface area (TPSA) is 44.2 Å². The molecule has 2 aromatic rings. The van der Waals surface area contributed by atoms with Crippen LogP contribution in [0, 0.1) is 0 Å². The second-order valence-electron chi connectivity index (χ2n) is 3.55. The number of rotatable bonds is 5. The van der Waals surface area contributed by atoms with Gasteiger partial charge in [-0.05, 0) is 11.9 Å². The van der Waals surface area contributed by atoms with Crippen molar-refractivity contribution in [2.24, 2.45) is 0 Å². The molecular formula is C12H12BN2O2P. The minimum Gasteiger partial charge on any atom is -0.473 e. The van der Waals surface area contributed by atoms with Crippen molar-refractivity contribution in [3.8, 4) is 11.6 Å². The lowest BCUT2D eigenvalue weighted by Crippen LogP contribution is -2.02. The molecule has 0 saturated carbocycles. The zero-order chi connectivity index (χ0) is 12.8. The first-order valence-electron chi connectivity index (χ1n) is 5.42. The van der Waals surface area contributed by atoms with E-state index in [1.54, 1.807) is 0 Å². The number of aromatic nitrogens is 2. The van der Waals surface area contributed by atoms with Crippen LogP contribution in [0.2, 0.25) is 0 Å². The van der Waals surface area contributed by atoms with Crippen LogP contribution in [0.25, 0.3) is 0 Å². The number of ether oxygens (including phenoxy) is 1. The number of nitrogens with zero attached hydrogens (tertiary/aromatic N) is 2. The SMILES string of the molecule is [B]Cc1ncnc(OCc2ccccc2)c1OP. The number of hydrogen-bond donors (Lipinski definition) is 0. The first kappa shape index (κ1) is 12.8. The molecule has 0 N–H and O–H groups in total. The summed E-state index contributed by atoms with van der Waals surface area (Å²) in [6.07, 6.45) is 1.68. The normalized spacial score (nSPS) is 10.1. The van der Waals surface area contributed by atoms with Crippen molar-refractivity contribution < 1.29 is 9.26 Å². The predicted octanol–water partition coefficient (Wildman–Crippen LogP) is 1.89. The van der Waals surface area contributed by atoms with E-state index in [2.05, 4.69) is 19.4 Å². The van der Waals surface area contributed by atoms with Gasteiger partial charge in [-0.3, -0.25) is 0 Å². The Hall–Kier alpha value is -1.61. The van der Waals surface area contributed by atoms with E-state index in [9.17, 15) is 0 Å². The van der Waals surface area contributed by atoms with E-state index in [4.69, 9.17) is 17.1 Å². The highest BCUT2D eigenvalue weighted by Gasteiger charge is 2.11. The fraction of sp³-hybridized carbons (Fsp3) is 0.167. The Balaban J connectivity index is 2.14. The molecule has 0 aliphatic rings. The molecular weight excluding hydrogens is 246 g/mol. The van der Waals surface area contributed by atoms with Crippen molar-refractivity contribution in [2.75, 3.05) is 0 Å². The first-order valence-corrected chi connectivity index (χ1v) is 5.89. The molecule has 0 fully saturated rings. The number of hydrogen-bond acceptors (Lipinski definition) is 4. The molecule has 0 bridgehead atoms. The summed E-state index contributed by atoms with van der Waals surface area (Å²) in [7, 11) is 7.72. The molecule has 2 rings (SSSR count). The van der Waals surface area contributed by atoms with Crippen LogP contribution in [-0.4, -0.2) is 17.8 Å². The van der Waals surface area contributed by atoms with Crippen molar-refractivity contribution in [3.05, 3.63) is 47.9 Å². The van der Waals surface area contributed by atoms with Crippen LogP contribution in [-0.2, 0) is 12.9 Å². The lowest BCUT2D eigenvalue weighted by atomic mass is 10.0. The van der Waals surface area contributed by atoms with Crippen LogP contribution in [0.3, 0.4) is 0 Å². The van der Waals surface area contributed by atoms with Crippen molar-refractivity contribution in [2.45, 2.75) is 12.9 Å². The molecule has 1 unspecified atom stereocenters. The van der Waals surface area contributed by atoms with Crippen LogP contribution in [0.15, 0.2) is 36.7 Å². The van der Waals surface area contributed by atoms with Gasteiger partial charge < -0.3 is 9.26 Å². The molecule has 0 amide bonds. The molecule has 18 heavy (non-hydrogen) atoms. The quantitative estimate of drug-likeness (QED) is 0.606. The zero-order valence-electron chi connectivity index (χ0n) is 9.74. The number of benzene rings is 1. The summed E-state index contributed by atoms with van der Waals surface area (Å²) in [5.41, 5.74) is 1.67. The molecule has 0 aliphatic carbocycles. The van der Waals surface area contributed by atoms with Crippen LogP contribution in [0.4, 0.5) is 0 Å². The van der Waals surface area contributed by atoms with Gasteiger partial charge in [0.2, 0.25) is 5.75 Å². The van der Waals surface area contributed by atoms with Gasteiger partial charge >= 0.3 is 0 Å². The molecule has 1 aromatic heterocycles. The van der Waals surface area contributed by atoms with Gasteiger partial charge in [-0.25, -0.2) is 4.98 Å². The zero-order valence-corrected chi connectivity index (χ0v) is 10.9. The second-order valence-corrected chi connectivity index (χ2v) is 3.79. The Kier molecular flexibility index (Phi) is 4.54. The molecule has 0 aliphatic heterocycles. The van der Waals surface area contributed by atoms with E-state index in [0.29, 0.717) is 23.9 Å². The van der Waals surface area contributed by atoms with Crippen molar-refractivity contribution in [1.82, 2.24) is 9.97 Å². The van der Waals surface area contributed by atoms with Gasteiger partial charge in [0.1, 0.15) is 12.9 Å². The van der Waals surface area contributed by atoms with Crippen LogP contribution >= 0.6 is 9.47 Å². The highest BCUT2D eigenvalue weighted by Crippen LogP contribution is 2.29. The van der Waals surface area contributed by atoms with Crippen LogP contribution in [0.1, 0.15) is 11.3 Å². The monoisotopic (exact) mass is 258 g/mol. The maximum Gasteiger partial charge on any atom is 0.261 e. The highest BCUT2D eigenvalue weighted by atomic mass is 31.0. The highest BCUT2D eigenvalue weighted by molar-refractivity contribution is 7.10. The molecule has 2 radical (unpaired) electrons. The summed E-state index contributed by atoms with van der Waals surface area (Å²) in [6, 6.07) is 9.82. The van der Waals surface area contributed by atoms with E-state index < -0.39 is 0 Å². The molecule has 6 heteroatoms. The van der Waals surface area contributed by atoms with E-state index in [1.807, 2.05) is 30.3 Å². The van der Waals surface area contributed by atoms with Gasteiger partial charge in [-0.15, -0.1) is 0 Å². The summed E-state index contributed by atoms with van der Waals surface area (Å²) >= 11 is 0. The Bertz CT molecular complexity index is 511. The summed E-state index contributed by atoms with van der Waals surface area (Å²) in [6.45, 7) is 0.420. The van der Waals surface area contributed by atoms with Gasteiger partial charge in [0.05, 0.1) is 23.0 Å². The third-order valence-corrected chi connectivity index (χ3v) is 2.61. The van der Waals surface area contributed by atoms with Crippen molar-refractivity contribution in [3.63, 3.8) is 0 Å². The third kappa shape index (κ3) is 2.99. The van der Waals surface area contributed by atoms with Crippen molar-refractivity contribution >= 4 is 17.3 Å². The minimum absolute atomic E-state index is 0.272. The molecule has 1 heterocycles. The van der Waals surface area contributed by atoms with Gasteiger partial charge in [0.25, 0.3) is 5.88 Å². The summed E-state index contributed by atoms with van der Waals surface area (Å²) in [4.78, 5) is 8.08. The minimum atomic E-state index is 0.272. The largest absolute Gasteiger partial charge is 0.473 e. The van der Waals surface area contributed by atoms with Gasteiger partial charge in [-0.2, -0.15) is 4.98 Å². The van der Waals surface area contributed by atoms with Gasteiger partial charge in [0, 0.05) is 0 Å². The third-order valence-electron chi connectivity index (χ3n) is 2.37. The van der Waals surface area contributed by atoms with E-state index in [-0.39, 0.29) is 6.32 Å². The average molecular weight is 258 g/mol. The molecule has 0 saturated heterocycles. The average Bonchev–Trinajstić information content (AvgIpc) is 2.45. The molecule has 90 valence electrons. The summed E-state index contributed by atoms with van der Waals surface area (Å²) < 4.78 is 10.8. The predicted molar refractivity (Wildman–Crippen MR) is 72.6 cm³/mol. The lowest BCUT2D eigenvalue weighted by Gasteiger charge is -2.11. The Morgan fingerprint density at radius 1 is 1.17 bits per heavy atom. The molecule has 1 atom stereocenters.